The molecular weight excluding hydrogens is 420 g/mol. The largest absolute Gasteiger partial charge is 0.394 e. The Morgan fingerprint density at radius 2 is 0.939 bits per heavy atom. The van der Waals surface area contributed by atoms with Crippen molar-refractivity contribution in [1.82, 2.24) is 0 Å². The van der Waals surface area contributed by atoms with E-state index in [1.54, 1.807) is 0 Å². The van der Waals surface area contributed by atoms with Gasteiger partial charge in [-0.25, -0.2) is 0 Å². The summed E-state index contributed by atoms with van der Waals surface area (Å²) in [5, 5.41) is 0. The van der Waals surface area contributed by atoms with Crippen LogP contribution in [0.1, 0.15) is 129 Å². The van der Waals surface area contributed by atoms with E-state index in [-0.39, 0.29) is 0 Å². The lowest BCUT2D eigenvalue weighted by molar-refractivity contribution is 0.164. The van der Waals surface area contributed by atoms with E-state index in [0.717, 1.165) is 38.1 Å². The van der Waals surface area contributed by atoms with Crippen molar-refractivity contribution >= 4 is 8.56 Å². The van der Waals surface area contributed by atoms with Gasteiger partial charge < -0.3 is 8.85 Å². The molecule has 0 radical (unpaired) electrons. The topological polar surface area (TPSA) is 18.5 Å². The summed E-state index contributed by atoms with van der Waals surface area (Å²) in [6.45, 7) is 8.52. The minimum Gasteiger partial charge on any atom is -0.394 e. The standard InChI is InChI=1S/C30H56O2Si/c1-4-7-8-9-10-11-12-13-14-15-16-17-18-19-23-28-31-33(5-2,6-3)32-29-24-27-30-25-21-20-22-26-30/h20-22,25-26H,4-19,23-24,27-29H2,1-3H3. The quantitative estimate of drug-likeness (QED) is 0.109. The number of rotatable bonds is 24. The molecular formula is C30H56O2Si. The van der Waals surface area contributed by atoms with E-state index >= 15 is 0 Å². The third-order valence-corrected chi connectivity index (χ3v) is 10.6. The SMILES string of the molecule is CCCCCCCCCCCCCCCCCO[Si](CC)(CC)OCCCc1ccccc1. The zero-order chi connectivity index (χ0) is 23.9. The predicted octanol–water partition coefficient (Wildman–Crippen LogP) is 10.0. The van der Waals surface area contributed by atoms with Gasteiger partial charge >= 0.3 is 8.56 Å². The first kappa shape index (κ1) is 30.4. The van der Waals surface area contributed by atoms with Gasteiger partial charge in [-0.2, -0.15) is 0 Å². The molecule has 192 valence electrons. The fourth-order valence-corrected chi connectivity index (χ4v) is 7.04. The molecule has 0 heterocycles. The smallest absolute Gasteiger partial charge is 0.337 e. The second kappa shape index (κ2) is 21.9. The molecule has 0 aliphatic carbocycles. The van der Waals surface area contributed by atoms with Crippen LogP contribution in [0.2, 0.25) is 12.1 Å². The molecule has 0 atom stereocenters. The van der Waals surface area contributed by atoms with Crippen molar-refractivity contribution in [3.05, 3.63) is 35.9 Å². The molecule has 33 heavy (non-hydrogen) atoms. The fraction of sp³-hybridized carbons (Fsp3) is 0.800. The van der Waals surface area contributed by atoms with Crippen LogP contribution in [0.15, 0.2) is 30.3 Å². The lowest BCUT2D eigenvalue weighted by atomic mass is 10.0. The van der Waals surface area contributed by atoms with E-state index in [9.17, 15) is 0 Å². The van der Waals surface area contributed by atoms with Gasteiger partial charge in [0.1, 0.15) is 0 Å². The molecule has 0 unspecified atom stereocenters. The van der Waals surface area contributed by atoms with Crippen LogP contribution in [0.25, 0.3) is 0 Å². The number of hydrogen-bond donors (Lipinski definition) is 0. The van der Waals surface area contributed by atoms with E-state index in [1.807, 2.05) is 0 Å². The van der Waals surface area contributed by atoms with Crippen LogP contribution >= 0.6 is 0 Å². The molecule has 0 fully saturated rings. The highest BCUT2D eigenvalue weighted by molar-refractivity contribution is 6.67. The summed E-state index contributed by atoms with van der Waals surface area (Å²) in [4.78, 5) is 0. The summed E-state index contributed by atoms with van der Waals surface area (Å²) in [7, 11) is -1.99. The third-order valence-electron chi connectivity index (χ3n) is 7.01. The normalized spacial score (nSPS) is 11.8. The highest BCUT2D eigenvalue weighted by Gasteiger charge is 2.33. The molecule has 0 saturated carbocycles. The minimum absolute atomic E-state index is 0.835. The number of aryl methyl sites for hydroxylation is 1. The molecule has 0 N–H and O–H groups in total. The van der Waals surface area contributed by atoms with Crippen molar-refractivity contribution in [3.8, 4) is 0 Å². The van der Waals surface area contributed by atoms with Crippen LogP contribution < -0.4 is 0 Å². The Labute approximate surface area is 208 Å². The fourth-order valence-electron chi connectivity index (χ4n) is 4.61. The van der Waals surface area contributed by atoms with E-state index < -0.39 is 8.56 Å². The van der Waals surface area contributed by atoms with E-state index in [0.29, 0.717) is 0 Å². The van der Waals surface area contributed by atoms with E-state index in [1.165, 1.54) is 102 Å². The zero-order valence-corrected chi connectivity index (χ0v) is 23.6. The van der Waals surface area contributed by atoms with Gasteiger partial charge in [-0.15, -0.1) is 0 Å². The van der Waals surface area contributed by atoms with Gasteiger partial charge in [0.05, 0.1) is 0 Å². The van der Waals surface area contributed by atoms with Crippen molar-refractivity contribution in [2.75, 3.05) is 13.2 Å². The molecule has 0 aliphatic heterocycles. The highest BCUT2D eigenvalue weighted by atomic mass is 28.4. The summed E-state index contributed by atoms with van der Waals surface area (Å²) in [5.41, 5.74) is 1.40. The van der Waals surface area contributed by atoms with Crippen molar-refractivity contribution in [2.45, 2.75) is 142 Å². The summed E-state index contributed by atoms with van der Waals surface area (Å²) in [6, 6.07) is 12.9. The summed E-state index contributed by atoms with van der Waals surface area (Å²) in [5.74, 6) is 0. The predicted molar refractivity (Wildman–Crippen MR) is 148 cm³/mol. The van der Waals surface area contributed by atoms with Crippen LogP contribution in [0.3, 0.4) is 0 Å². The van der Waals surface area contributed by atoms with Crippen molar-refractivity contribution < 1.29 is 8.85 Å². The Hall–Kier alpha value is -0.643. The van der Waals surface area contributed by atoms with Crippen LogP contribution in [0, 0.1) is 0 Å². The number of unbranched alkanes of at least 4 members (excludes halogenated alkanes) is 14. The maximum absolute atomic E-state index is 6.41. The van der Waals surface area contributed by atoms with Gasteiger partial charge in [0, 0.05) is 13.2 Å². The first-order chi connectivity index (χ1) is 16.3. The maximum atomic E-state index is 6.41. The molecule has 0 saturated heterocycles. The Bertz CT molecular complexity index is 515. The van der Waals surface area contributed by atoms with Gasteiger partial charge in [0.15, 0.2) is 0 Å². The molecule has 1 aromatic rings. The molecule has 1 aromatic carbocycles. The second-order valence-corrected chi connectivity index (χ2v) is 13.7. The molecule has 0 spiro atoms. The Balaban J connectivity index is 1.95. The zero-order valence-electron chi connectivity index (χ0n) is 22.6. The van der Waals surface area contributed by atoms with Crippen molar-refractivity contribution in [1.29, 1.82) is 0 Å². The van der Waals surface area contributed by atoms with Gasteiger partial charge in [-0.1, -0.05) is 141 Å². The van der Waals surface area contributed by atoms with Gasteiger partial charge in [-0.05, 0) is 36.9 Å². The molecule has 0 aromatic heterocycles. The average molecular weight is 477 g/mol. The van der Waals surface area contributed by atoms with Gasteiger partial charge in [0.25, 0.3) is 0 Å². The molecule has 0 aliphatic rings. The van der Waals surface area contributed by atoms with Crippen molar-refractivity contribution in [3.63, 3.8) is 0 Å². The lowest BCUT2D eigenvalue weighted by Crippen LogP contribution is -2.41. The van der Waals surface area contributed by atoms with Crippen LogP contribution in [0.4, 0.5) is 0 Å². The molecule has 1 rings (SSSR count). The highest BCUT2D eigenvalue weighted by Crippen LogP contribution is 2.20. The Morgan fingerprint density at radius 1 is 0.515 bits per heavy atom. The summed E-state index contributed by atoms with van der Waals surface area (Å²) in [6.07, 6.45) is 23.3. The average Bonchev–Trinajstić information content (AvgIpc) is 2.86. The first-order valence-electron chi connectivity index (χ1n) is 14.6. The lowest BCUT2D eigenvalue weighted by Gasteiger charge is -2.29. The first-order valence-corrected chi connectivity index (χ1v) is 16.8. The summed E-state index contributed by atoms with van der Waals surface area (Å²) >= 11 is 0. The van der Waals surface area contributed by atoms with Gasteiger partial charge in [-0.3, -0.25) is 0 Å². The maximum Gasteiger partial charge on any atom is 0.337 e. The van der Waals surface area contributed by atoms with E-state index in [4.69, 9.17) is 8.85 Å². The van der Waals surface area contributed by atoms with Crippen LogP contribution in [0.5, 0.6) is 0 Å². The number of hydrogen-bond acceptors (Lipinski definition) is 2. The van der Waals surface area contributed by atoms with Crippen LogP contribution in [-0.4, -0.2) is 21.8 Å². The molecule has 0 amide bonds. The molecule has 2 nitrogen and oxygen atoms in total. The Kier molecular flexibility index (Phi) is 20.1. The van der Waals surface area contributed by atoms with E-state index in [2.05, 4.69) is 51.1 Å². The number of benzene rings is 1. The molecule has 3 heteroatoms. The van der Waals surface area contributed by atoms with Gasteiger partial charge in [0.2, 0.25) is 0 Å². The molecule has 0 bridgehead atoms. The monoisotopic (exact) mass is 476 g/mol. The van der Waals surface area contributed by atoms with Crippen molar-refractivity contribution in [2.24, 2.45) is 0 Å². The minimum atomic E-state index is -1.99. The summed E-state index contributed by atoms with van der Waals surface area (Å²) < 4.78 is 12.8. The third kappa shape index (κ3) is 16.6. The van der Waals surface area contributed by atoms with Crippen LogP contribution in [-0.2, 0) is 15.3 Å². The second-order valence-electron chi connectivity index (χ2n) is 9.85. The Morgan fingerprint density at radius 3 is 1.39 bits per heavy atom.